The third-order valence-electron chi connectivity index (χ3n) is 3.53. The predicted molar refractivity (Wildman–Crippen MR) is 89.5 cm³/mol. The number of benzene rings is 2. The molecule has 0 spiro atoms. The quantitative estimate of drug-likeness (QED) is 0.615. The van der Waals surface area contributed by atoms with E-state index in [0.717, 1.165) is 5.56 Å². The zero-order valence-corrected chi connectivity index (χ0v) is 12.7. The van der Waals surface area contributed by atoms with Gasteiger partial charge in [-0.3, -0.25) is 4.79 Å². The molecule has 23 heavy (non-hydrogen) atoms. The van der Waals surface area contributed by atoms with E-state index in [9.17, 15) is 4.79 Å². The van der Waals surface area contributed by atoms with Gasteiger partial charge in [0.2, 0.25) is 5.78 Å². The fourth-order valence-electron chi connectivity index (χ4n) is 2.42. The van der Waals surface area contributed by atoms with Crippen molar-refractivity contribution in [2.24, 2.45) is 0 Å². The summed E-state index contributed by atoms with van der Waals surface area (Å²) in [4.78, 5) is 19.9. The fraction of sp³-hybridized carbons (Fsp3) is 0. The van der Waals surface area contributed by atoms with Crippen LogP contribution < -0.4 is 5.56 Å². The van der Waals surface area contributed by atoms with Gasteiger partial charge in [0.25, 0.3) is 5.56 Å². The van der Waals surface area contributed by atoms with Gasteiger partial charge in [-0.15, -0.1) is 5.10 Å². The normalized spacial score (nSPS) is 11.0. The molecule has 0 unspecified atom stereocenters. The van der Waals surface area contributed by atoms with Crippen LogP contribution in [0.3, 0.4) is 0 Å². The van der Waals surface area contributed by atoms with E-state index in [1.54, 1.807) is 6.07 Å². The van der Waals surface area contributed by atoms with Gasteiger partial charge in [0.05, 0.1) is 10.7 Å². The number of hydrogen-bond donors (Lipinski definition) is 1. The summed E-state index contributed by atoms with van der Waals surface area (Å²) in [5.74, 6) is 0.792. The van der Waals surface area contributed by atoms with Crippen LogP contribution in [-0.2, 0) is 0 Å². The molecule has 0 aliphatic carbocycles. The van der Waals surface area contributed by atoms with Gasteiger partial charge >= 0.3 is 0 Å². The molecule has 2 aromatic carbocycles. The van der Waals surface area contributed by atoms with Crippen LogP contribution in [0.5, 0.6) is 0 Å². The highest BCUT2D eigenvalue weighted by Gasteiger charge is 2.12. The molecule has 5 nitrogen and oxygen atoms in total. The molecule has 0 radical (unpaired) electrons. The maximum Gasteiger partial charge on any atom is 0.276 e. The third-order valence-corrected chi connectivity index (χ3v) is 3.86. The number of halogens is 1. The van der Waals surface area contributed by atoms with Crippen LogP contribution in [0.2, 0.25) is 5.02 Å². The molecule has 0 atom stereocenters. The summed E-state index contributed by atoms with van der Waals surface area (Å²) >= 11 is 6.18. The first-order chi connectivity index (χ1) is 11.2. The van der Waals surface area contributed by atoms with E-state index < -0.39 is 0 Å². The Bertz CT molecular complexity index is 1050. The third kappa shape index (κ3) is 2.41. The molecule has 0 saturated carbocycles. The molecular formula is C17H11ClN4O. The number of fused-ring (bicyclic) bond motifs is 1. The summed E-state index contributed by atoms with van der Waals surface area (Å²) in [7, 11) is 0. The van der Waals surface area contributed by atoms with Crippen molar-refractivity contribution in [3.63, 3.8) is 0 Å². The Morgan fingerprint density at radius 2 is 1.74 bits per heavy atom. The van der Waals surface area contributed by atoms with Crippen LogP contribution in [0.25, 0.3) is 28.4 Å². The number of aromatic amines is 1. The van der Waals surface area contributed by atoms with Crippen LogP contribution in [0.15, 0.2) is 65.5 Å². The van der Waals surface area contributed by atoms with Gasteiger partial charge in [-0.05, 0) is 17.7 Å². The number of nitrogens with zero attached hydrogens (tertiary/aromatic N) is 3. The predicted octanol–water partition coefficient (Wildman–Crippen LogP) is 3.41. The van der Waals surface area contributed by atoms with Crippen molar-refractivity contribution in [3.8, 4) is 22.6 Å². The molecule has 0 aliphatic heterocycles. The smallest absolute Gasteiger partial charge is 0.276 e. The van der Waals surface area contributed by atoms with E-state index in [1.165, 1.54) is 10.6 Å². The minimum atomic E-state index is -0.247. The SMILES string of the molecule is O=c1cc(-c2ccccc2)[nH]c2nc(-c3ccccc3Cl)nn12. The highest BCUT2D eigenvalue weighted by atomic mass is 35.5. The van der Waals surface area contributed by atoms with Crippen molar-refractivity contribution in [2.75, 3.05) is 0 Å². The number of aromatic nitrogens is 4. The average Bonchev–Trinajstić information content (AvgIpc) is 3.00. The highest BCUT2D eigenvalue weighted by molar-refractivity contribution is 6.33. The summed E-state index contributed by atoms with van der Waals surface area (Å²) in [6, 6.07) is 18.4. The number of hydrogen-bond acceptors (Lipinski definition) is 3. The van der Waals surface area contributed by atoms with E-state index in [-0.39, 0.29) is 5.56 Å². The second-order valence-corrected chi connectivity index (χ2v) is 5.45. The Morgan fingerprint density at radius 3 is 2.52 bits per heavy atom. The summed E-state index contributed by atoms with van der Waals surface area (Å²) in [6.07, 6.45) is 0. The Hall–Kier alpha value is -2.92. The summed E-state index contributed by atoms with van der Waals surface area (Å²) in [6.45, 7) is 0. The lowest BCUT2D eigenvalue weighted by Gasteiger charge is -2.00. The lowest BCUT2D eigenvalue weighted by molar-refractivity contribution is 0.904. The molecule has 112 valence electrons. The van der Waals surface area contributed by atoms with Gasteiger partial charge < -0.3 is 4.98 Å². The monoisotopic (exact) mass is 322 g/mol. The Kier molecular flexibility index (Phi) is 3.20. The zero-order valence-electron chi connectivity index (χ0n) is 11.9. The number of nitrogens with one attached hydrogen (secondary N) is 1. The van der Waals surface area contributed by atoms with E-state index in [1.807, 2.05) is 48.5 Å². The molecule has 4 rings (SSSR count). The standard InChI is InChI=1S/C17H11ClN4O/c18-13-9-5-4-8-12(13)16-20-17-19-14(10-15(23)22(17)21-16)11-6-2-1-3-7-11/h1-10H,(H,19,20,21). The maximum absolute atomic E-state index is 12.3. The lowest BCUT2D eigenvalue weighted by atomic mass is 10.1. The maximum atomic E-state index is 12.3. The molecular weight excluding hydrogens is 312 g/mol. The molecule has 0 amide bonds. The molecule has 0 bridgehead atoms. The molecule has 2 aromatic heterocycles. The van der Waals surface area contributed by atoms with Crippen molar-refractivity contribution < 1.29 is 0 Å². The van der Waals surface area contributed by atoms with Crippen molar-refractivity contribution in [1.29, 1.82) is 0 Å². The van der Waals surface area contributed by atoms with Crippen molar-refractivity contribution in [2.45, 2.75) is 0 Å². The van der Waals surface area contributed by atoms with Crippen LogP contribution in [0.4, 0.5) is 0 Å². The van der Waals surface area contributed by atoms with E-state index in [0.29, 0.717) is 27.9 Å². The second kappa shape index (κ2) is 5.37. The van der Waals surface area contributed by atoms with Crippen LogP contribution in [0, 0.1) is 0 Å². The molecule has 1 N–H and O–H groups in total. The lowest BCUT2D eigenvalue weighted by Crippen LogP contribution is -2.14. The van der Waals surface area contributed by atoms with Gasteiger partial charge in [0.15, 0.2) is 5.82 Å². The average molecular weight is 323 g/mol. The van der Waals surface area contributed by atoms with Crippen LogP contribution in [-0.4, -0.2) is 19.6 Å². The molecule has 0 aliphatic rings. The van der Waals surface area contributed by atoms with Crippen molar-refractivity contribution >= 4 is 17.4 Å². The van der Waals surface area contributed by atoms with E-state index in [2.05, 4.69) is 15.1 Å². The number of rotatable bonds is 2. The molecule has 6 heteroatoms. The summed E-state index contributed by atoms with van der Waals surface area (Å²) < 4.78 is 1.24. The summed E-state index contributed by atoms with van der Waals surface area (Å²) in [5, 5.41) is 4.80. The van der Waals surface area contributed by atoms with Gasteiger partial charge in [0, 0.05) is 11.6 Å². The Morgan fingerprint density at radius 1 is 1.00 bits per heavy atom. The van der Waals surface area contributed by atoms with Gasteiger partial charge in [-0.2, -0.15) is 9.50 Å². The van der Waals surface area contributed by atoms with Crippen molar-refractivity contribution in [3.05, 3.63) is 76.0 Å². The molecule has 4 aromatic rings. The second-order valence-electron chi connectivity index (χ2n) is 5.04. The van der Waals surface area contributed by atoms with Crippen molar-refractivity contribution in [1.82, 2.24) is 19.6 Å². The van der Waals surface area contributed by atoms with Gasteiger partial charge in [-0.1, -0.05) is 54.1 Å². The molecule has 0 saturated heterocycles. The first kappa shape index (κ1) is 13.7. The summed E-state index contributed by atoms with van der Waals surface area (Å²) in [5.41, 5.74) is 2.05. The number of H-pyrrole nitrogens is 1. The fourth-order valence-corrected chi connectivity index (χ4v) is 2.64. The first-order valence-corrected chi connectivity index (χ1v) is 7.40. The minimum absolute atomic E-state index is 0.247. The molecule has 0 fully saturated rings. The Balaban J connectivity index is 1.92. The van der Waals surface area contributed by atoms with Crippen LogP contribution in [0.1, 0.15) is 0 Å². The van der Waals surface area contributed by atoms with E-state index in [4.69, 9.17) is 11.6 Å². The zero-order chi connectivity index (χ0) is 15.8. The van der Waals surface area contributed by atoms with Gasteiger partial charge in [0.1, 0.15) is 0 Å². The molecule has 2 heterocycles. The first-order valence-electron chi connectivity index (χ1n) is 7.03. The largest absolute Gasteiger partial charge is 0.323 e. The van der Waals surface area contributed by atoms with Crippen LogP contribution >= 0.6 is 11.6 Å². The topological polar surface area (TPSA) is 63.0 Å². The Labute approximate surface area is 136 Å². The highest BCUT2D eigenvalue weighted by Crippen LogP contribution is 2.25. The van der Waals surface area contributed by atoms with E-state index >= 15 is 0 Å². The van der Waals surface area contributed by atoms with Gasteiger partial charge in [-0.25, -0.2) is 0 Å². The minimum Gasteiger partial charge on any atom is -0.323 e.